The van der Waals surface area contributed by atoms with E-state index in [4.69, 9.17) is 9.47 Å². The Labute approximate surface area is 145 Å². The highest BCUT2D eigenvalue weighted by Gasteiger charge is 2.09. The lowest BCUT2D eigenvalue weighted by molar-refractivity contribution is -0.150. The van der Waals surface area contributed by atoms with Crippen molar-refractivity contribution in [3.05, 3.63) is 65.5 Å². The second kappa shape index (κ2) is 9.42. The van der Waals surface area contributed by atoms with Crippen LogP contribution in [0.4, 0.5) is 4.39 Å². The van der Waals surface area contributed by atoms with Gasteiger partial charge < -0.3 is 14.8 Å². The number of carbonyl (C=O) groups is 2. The van der Waals surface area contributed by atoms with Crippen LogP contribution in [0.5, 0.6) is 5.75 Å². The molecular weight excluding hydrogens is 325 g/mol. The summed E-state index contributed by atoms with van der Waals surface area (Å²) in [4.78, 5) is 23.2. The Hall–Kier alpha value is -2.89. The van der Waals surface area contributed by atoms with E-state index in [1.807, 2.05) is 25.1 Å². The molecule has 0 aromatic heterocycles. The summed E-state index contributed by atoms with van der Waals surface area (Å²) in [6.07, 6.45) is 0.566. The van der Waals surface area contributed by atoms with E-state index >= 15 is 0 Å². The number of para-hydroxylation sites is 1. The molecule has 0 aliphatic carbocycles. The first-order chi connectivity index (χ1) is 12.0. The van der Waals surface area contributed by atoms with Gasteiger partial charge >= 0.3 is 5.97 Å². The lowest BCUT2D eigenvalue weighted by Gasteiger charge is -2.09. The molecule has 2 aromatic rings. The number of hydrogen-bond acceptors (Lipinski definition) is 4. The van der Waals surface area contributed by atoms with Crippen molar-refractivity contribution in [3.63, 3.8) is 0 Å². The number of ether oxygens (including phenoxy) is 2. The van der Waals surface area contributed by atoms with Gasteiger partial charge in [-0.05, 0) is 42.7 Å². The number of hydrogen-bond donors (Lipinski definition) is 1. The first-order valence-electron chi connectivity index (χ1n) is 7.90. The van der Waals surface area contributed by atoms with Crippen molar-refractivity contribution in [2.75, 3.05) is 19.8 Å². The van der Waals surface area contributed by atoms with Gasteiger partial charge in [0.15, 0.2) is 13.2 Å². The van der Waals surface area contributed by atoms with Gasteiger partial charge in [-0.1, -0.05) is 30.3 Å². The van der Waals surface area contributed by atoms with Crippen LogP contribution in [-0.4, -0.2) is 31.6 Å². The van der Waals surface area contributed by atoms with Crippen molar-refractivity contribution in [2.24, 2.45) is 0 Å². The average Bonchev–Trinajstić information content (AvgIpc) is 2.61. The Morgan fingerprint density at radius 3 is 2.48 bits per heavy atom. The Morgan fingerprint density at radius 1 is 1.04 bits per heavy atom. The number of nitrogens with one attached hydrogen (secondary N) is 1. The minimum Gasteiger partial charge on any atom is -0.482 e. The molecule has 0 aliphatic heterocycles. The van der Waals surface area contributed by atoms with E-state index in [9.17, 15) is 14.0 Å². The minimum absolute atomic E-state index is 0.256. The van der Waals surface area contributed by atoms with Crippen LogP contribution in [-0.2, 0) is 20.7 Å². The maximum Gasteiger partial charge on any atom is 0.344 e. The van der Waals surface area contributed by atoms with Crippen molar-refractivity contribution < 1.29 is 23.5 Å². The molecule has 2 rings (SSSR count). The SMILES string of the molecule is Cc1ccccc1OCC(=O)OCC(=O)NCCc1ccc(F)cc1. The third-order valence-electron chi connectivity index (χ3n) is 3.45. The minimum atomic E-state index is -0.614. The van der Waals surface area contributed by atoms with Crippen LogP contribution in [0.25, 0.3) is 0 Å². The van der Waals surface area contributed by atoms with E-state index in [-0.39, 0.29) is 19.0 Å². The normalized spacial score (nSPS) is 10.2. The molecule has 0 spiro atoms. The number of carbonyl (C=O) groups excluding carboxylic acids is 2. The van der Waals surface area contributed by atoms with E-state index in [0.717, 1.165) is 11.1 Å². The third-order valence-corrected chi connectivity index (χ3v) is 3.45. The smallest absolute Gasteiger partial charge is 0.344 e. The van der Waals surface area contributed by atoms with Gasteiger partial charge in [-0.3, -0.25) is 4.79 Å². The highest BCUT2D eigenvalue weighted by atomic mass is 19.1. The maximum atomic E-state index is 12.8. The molecule has 0 heterocycles. The predicted molar refractivity (Wildman–Crippen MR) is 90.7 cm³/mol. The first kappa shape index (κ1) is 18.4. The lowest BCUT2D eigenvalue weighted by Crippen LogP contribution is -2.31. The third kappa shape index (κ3) is 6.63. The molecule has 0 saturated carbocycles. The van der Waals surface area contributed by atoms with Gasteiger partial charge in [0.2, 0.25) is 0 Å². The number of amides is 1. The zero-order valence-corrected chi connectivity index (χ0v) is 14.0. The van der Waals surface area contributed by atoms with Crippen LogP contribution in [0.1, 0.15) is 11.1 Å². The summed E-state index contributed by atoms with van der Waals surface area (Å²) in [7, 11) is 0. The summed E-state index contributed by atoms with van der Waals surface area (Å²) in [5.41, 5.74) is 1.82. The quantitative estimate of drug-likeness (QED) is 0.746. The van der Waals surface area contributed by atoms with E-state index in [1.165, 1.54) is 12.1 Å². The molecule has 0 fully saturated rings. The van der Waals surface area contributed by atoms with Crippen molar-refractivity contribution in [3.8, 4) is 5.75 Å². The summed E-state index contributed by atoms with van der Waals surface area (Å²) in [6, 6.07) is 13.4. The number of rotatable bonds is 8. The van der Waals surface area contributed by atoms with Gasteiger partial charge in [-0.2, -0.15) is 0 Å². The molecule has 1 amide bonds. The van der Waals surface area contributed by atoms with Gasteiger partial charge in [0.25, 0.3) is 5.91 Å². The van der Waals surface area contributed by atoms with Crippen LogP contribution in [0, 0.1) is 12.7 Å². The van der Waals surface area contributed by atoms with Crippen molar-refractivity contribution in [1.82, 2.24) is 5.32 Å². The standard InChI is InChI=1S/C19H20FNO4/c1-14-4-2-3-5-17(14)24-13-19(23)25-12-18(22)21-11-10-15-6-8-16(20)9-7-15/h2-9H,10-13H2,1H3,(H,21,22). The molecule has 132 valence electrons. The molecule has 0 radical (unpaired) electrons. The topological polar surface area (TPSA) is 64.6 Å². The van der Waals surface area contributed by atoms with Gasteiger partial charge in [-0.15, -0.1) is 0 Å². The zero-order valence-electron chi connectivity index (χ0n) is 14.0. The van der Waals surface area contributed by atoms with Gasteiger partial charge in [-0.25, -0.2) is 9.18 Å². The van der Waals surface area contributed by atoms with Gasteiger partial charge in [0, 0.05) is 6.54 Å². The summed E-state index contributed by atoms with van der Waals surface area (Å²) in [5.74, 6) is -0.709. The second-order valence-electron chi connectivity index (χ2n) is 5.44. The van der Waals surface area contributed by atoms with E-state index in [2.05, 4.69) is 5.32 Å². The van der Waals surface area contributed by atoms with Gasteiger partial charge in [0.1, 0.15) is 11.6 Å². The Bertz CT molecular complexity index is 716. The molecule has 0 unspecified atom stereocenters. The molecule has 6 heteroatoms. The first-order valence-corrected chi connectivity index (χ1v) is 7.90. The van der Waals surface area contributed by atoms with Crippen LogP contribution in [0.15, 0.2) is 48.5 Å². The lowest BCUT2D eigenvalue weighted by atomic mass is 10.1. The predicted octanol–water partition coefficient (Wildman–Crippen LogP) is 2.42. The average molecular weight is 345 g/mol. The van der Waals surface area contributed by atoms with Crippen LogP contribution in [0.3, 0.4) is 0 Å². The summed E-state index contributed by atoms with van der Waals surface area (Å²) < 4.78 is 23.0. The number of benzene rings is 2. The molecule has 0 aliphatic rings. The van der Waals surface area contributed by atoms with Crippen molar-refractivity contribution in [2.45, 2.75) is 13.3 Å². The number of aryl methyl sites for hydroxylation is 1. The molecule has 0 saturated heterocycles. The molecule has 2 aromatic carbocycles. The monoisotopic (exact) mass is 345 g/mol. The van der Waals surface area contributed by atoms with E-state index in [1.54, 1.807) is 18.2 Å². The molecule has 5 nitrogen and oxygen atoms in total. The summed E-state index contributed by atoms with van der Waals surface area (Å²) in [6.45, 7) is 1.63. The fourth-order valence-corrected chi connectivity index (χ4v) is 2.09. The molecule has 1 N–H and O–H groups in total. The van der Waals surface area contributed by atoms with Crippen molar-refractivity contribution in [1.29, 1.82) is 0 Å². The van der Waals surface area contributed by atoms with E-state index < -0.39 is 11.9 Å². The summed E-state index contributed by atoms with van der Waals surface area (Å²) >= 11 is 0. The highest BCUT2D eigenvalue weighted by molar-refractivity contribution is 5.80. The molecule has 25 heavy (non-hydrogen) atoms. The second-order valence-corrected chi connectivity index (χ2v) is 5.44. The van der Waals surface area contributed by atoms with Crippen LogP contribution < -0.4 is 10.1 Å². The highest BCUT2D eigenvalue weighted by Crippen LogP contribution is 2.15. The summed E-state index contributed by atoms with van der Waals surface area (Å²) in [5, 5.41) is 2.63. The van der Waals surface area contributed by atoms with E-state index in [0.29, 0.717) is 18.7 Å². The van der Waals surface area contributed by atoms with Crippen molar-refractivity contribution >= 4 is 11.9 Å². The number of esters is 1. The number of halogens is 1. The Morgan fingerprint density at radius 2 is 1.76 bits per heavy atom. The van der Waals surface area contributed by atoms with Crippen LogP contribution >= 0.6 is 0 Å². The zero-order chi connectivity index (χ0) is 18.1. The maximum absolute atomic E-state index is 12.8. The Kier molecular flexibility index (Phi) is 6.95. The molecule has 0 bridgehead atoms. The largest absolute Gasteiger partial charge is 0.482 e. The fraction of sp³-hybridized carbons (Fsp3) is 0.263. The Balaban J connectivity index is 1.61. The molecule has 0 atom stereocenters. The van der Waals surface area contributed by atoms with Crippen LogP contribution in [0.2, 0.25) is 0 Å². The molecular formula is C19H20FNO4. The van der Waals surface area contributed by atoms with Gasteiger partial charge in [0.05, 0.1) is 0 Å². The fourth-order valence-electron chi connectivity index (χ4n) is 2.09.